The maximum absolute atomic E-state index is 12.5. The van der Waals surface area contributed by atoms with Crippen molar-refractivity contribution in [2.24, 2.45) is 0 Å². The zero-order valence-electron chi connectivity index (χ0n) is 53.1. The van der Waals surface area contributed by atoms with E-state index in [1.807, 2.05) is 6.08 Å². The molecule has 4 nitrogen and oxygen atoms in total. The fourth-order valence-electron chi connectivity index (χ4n) is 10.2. The van der Waals surface area contributed by atoms with Crippen LogP contribution in [-0.2, 0) is 4.79 Å². The normalized spacial score (nSPS) is 13.5. The largest absolute Gasteiger partial charge is 0.394 e. The molecule has 0 aliphatic heterocycles. The van der Waals surface area contributed by atoms with Crippen LogP contribution in [0.1, 0.15) is 335 Å². The average molecular weight is 1110 g/mol. The number of allylic oxidation sites excluding steroid dienone is 19. The van der Waals surface area contributed by atoms with Gasteiger partial charge in [-0.3, -0.25) is 4.79 Å². The number of amides is 1. The molecule has 0 heterocycles. The van der Waals surface area contributed by atoms with Crippen molar-refractivity contribution in [3.63, 3.8) is 0 Å². The lowest BCUT2D eigenvalue weighted by Crippen LogP contribution is -2.45. The minimum atomic E-state index is -0.879. The van der Waals surface area contributed by atoms with E-state index in [9.17, 15) is 15.0 Å². The summed E-state index contributed by atoms with van der Waals surface area (Å²) < 4.78 is 0. The Hall–Kier alpha value is -3.21. The van der Waals surface area contributed by atoms with Gasteiger partial charge in [0.1, 0.15) is 0 Å². The summed E-state index contributed by atoms with van der Waals surface area (Å²) in [5.41, 5.74) is 0. The van der Waals surface area contributed by atoms with E-state index >= 15 is 0 Å². The van der Waals surface area contributed by atoms with Crippen molar-refractivity contribution < 1.29 is 15.0 Å². The van der Waals surface area contributed by atoms with Crippen LogP contribution >= 0.6 is 0 Å². The quantitative estimate of drug-likeness (QED) is 0.0420. The van der Waals surface area contributed by atoms with Crippen LogP contribution in [0.25, 0.3) is 0 Å². The van der Waals surface area contributed by atoms with Gasteiger partial charge in [0, 0.05) is 6.42 Å². The van der Waals surface area contributed by atoms with E-state index in [2.05, 4.69) is 129 Å². The van der Waals surface area contributed by atoms with Crippen molar-refractivity contribution >= 4 is 5.91 Å². The van der Waals surface area contributed by atoms with E-state index in [-0.39, 0.29) is 12.5 Å². The Labute approximate surface area is 499 Å². The van der Waals surface area contributed by atoms with Crippen LogP contribution in [0.15, 0.2) is 122 Å². The number of carbonyl (C=O) groups excluding carboxylic acids is 1. The fourth-order valence-corrected chi connectivity index (χ4v) is 10.2. The first-order valence-electron chi connectivity index (χ1n) is 34.7. The molecular formula is C76H133NO3. The highest BCUT2D eigenvalue weighted by Crippen LogP contribution is 2.17. The Balaban J connectivity index is 3.55. The van der Waals surface area contributed by atoms with Gasteiger partial charge in [0.25, 0.3) is 0 Å². The first-order valence-corrected chi connectivity index (χ1v) is 34.7. The van der Waals surface area contributed by atoms with Crippen molar-refractivity contribution in [3.8, 4) is 0 Å². The summed E-state index contributed by atoms with van der Waals surface area (Å²) in [5.74, 6) is -0.0788. The number of nitrogens with one attached hydrogen (secondary N) is 1. The van der Waals surface area contributed by atoms with E-state index in [0.717, 1.165) is 83.5 Å². The lowest BCUT2D eigenvalue weighted by molar-refractivity contribution is -0.123. The number of carbonyl (C=O) groups is 1. The molecular weight excluding hydrogens is 975 g/mol. The summed E-state index contributed by atoms with van der Waals surface area (Å²) in [7, 11) is 0. The number of hydrogen-bond donors (Lipinski definition) is 3. The van der Waals surface area contributed by atoms with E-state index in [1.54, 1.807) is 6.08 Å². The summed E-state index contributed by atoms with van der Waals surface area (Å²) in [6.45, 7) is 4.20. The van der Waals surface area contributed by atoms with Gasteiger partial charge in [-0.1, -0.05) is 347 Å². The third-order valence-electron chi connectivity index (χ3n) is 15.4. The SMILES string of the molecule is CC/C=C\C/C=C\C/C=C\C/C=C\C/C=C\C/C=C\C/C=C\CCCCCCCCCCCCCCCCCC(=O)NC(CO)C(O)/C=C/CC/C=C/CC/C=C/CCCCCCCCCCCCCCCCCCCCCCC. The highest BCUT2D eigenvalue weighted by Gasteiger charge is 2.18. The molecule has 80 heavy (non-hydrogen) atoms. The van der Waals surface area contributed by atoms with Gasteiger partial charge in [-0.15, -0.1) is 0 Å². The zero-order valence-corrected chi connectivity index (χ0v) is 53.1. The van der Waals surface area contributed by atoms with Crippen LogP contribution in [0.5, 0.6) is 0 Å². The second kappa shape index (κ2) is 70.1. The summed E-state index contributed by atoms with van der Waals surface area (Å²) >= 11 is 0. The molecule has 4 heteroatoms. The monoisotopic (exact) mass is 1110 g/mol. The van der Waals surface area contributed by atoms with Gasteiger partial charge in [-0.25, -0.2) is 0 Å². The molecule has 0 aromatic heterocycles. The smallest absolute Gasteiger partial charge is 0.220 e. The van der Waals surface area contributed by atoms with E-state index < -0.39 is 12.1 Å². The van der Waals surface area contributed by atoms with Crippen LogP contribution in [0.4, 0.5) is 0 Å². The average Bonchev–Trinajstić information content (AvgIpc) is 3.46. The predicted molar refractivity (Wildman–Crippen MR) is 359 cm³/mol. The Morgan fingerprint density at radius 3 is 0.875 bits per heavy atom. The molecule has 0 fully saturated rings. The maximum Gasteiger partial charge on any atom is 0.220 e. The second-order valence-corrected chi connectivity index (χ2v) is 23.2. The molecule has 2 atom stereocenters. The zero-order chi connectivity index (χ0) is 57.6. The molecule has 0 saturated carbocycles. The van der Waals surface area contributed by atoms with Gasteiger partial charge in [0.05, 0.1) is 18.8 Å². The van der Waals surface area contributed by atoms with Gasteiger partial charge < -0.3 is 15.5 Å². The topological polar surface area (TPSA) is 69.6 Å². The summed E-state index contributed by atoms with van der Waals surface area (Å²) in [5, 5.41) is 23.3. The highest BCUT2D eigenvalue weighted by molar-refractivity contribution is 5.76. The molecule has 0 saturated heterocycles. The summed E-state index contributed by atoms with van der Waals surface area (Å²) in [4.78, 5) is 12.5. The standard InChI is InChI=1S/C76H133NO3/c1-3-5-7-9-11-13-15-17-19-21-23-25-27-29-31-33-35-36-37-38-39-40-42-44-46-48-50-52-54-56-58-60-62-64-66-68-70-72-76(80)77-74(73-78)75(79)71-69-67-65-63-61-59-57-55-53-51-49-47-45-43-41-34-32-30-28-26-24-22-20-18-16-14-12-10-8-6-4-2/h5,7,11,13,17,19,23,25,29,31,35-36,38-39,53,55,61,63,69,71,74-75,78-79H,3-4,6,8-10,12,14-16,18,20-22,24,26-28,30,32-34,37,40-52,54,56-60,62,64-68,70,72-73H2,1-2H3,(H,77,80)/b7-5-,13-11-,19-17-,25-23-,31-29-,36-35-,39-38-,55-53+,63-61+,71-69+. The lowest BCUT2D eigenvalue weighted by atomic mass is 10.0. The summed E-state index contributed by atoms with van der Waals surface area (Å²) in [6, 6.07) is -0.654. The molecule has 2 unspecified atom stereocenters. The minimum Gasteiger partial charge on any atom is -0.394 e. The van der Waals surface area contributed by atoms with E-state index in [4.69, 9.17) is 0 Å². The van der Waals surface area contributed by atoms with Crippen molar-refractivity contribution in [2.45, 2.75) is 347 Å². The molecule has 0 aromatic rings. The molecule has 460 valence electrons. The van der Waals surface area contributed by atoms with Crippen molar-refractivity contribution in [3.05, 3.63) is 122 Å². The molecule has 0 aliphatic rings. The number of unbranched alkanes of at least 4 members (excludes halogenated alkanes) is 38. The molecule has 0 radical (unpaired) electrons. The van der Waals surface area contributed by atoms with Crippen molar-refractivity contribution in [2.75, 3.05) is 6.61 Å². The van der Waals surface area contributed by atoms with Crippen LogP contribution in [0.3, 0.4) is 0 Å². The Morgan fingerprint density at radius 2 is 0.562 bits per heavy atom. The summed E-state index contributed by atoms with van der Waals surface area (Å²) in [6.07, 6.45) is 107. The molecule has 3 N–H and O–H groups in total. The highest BCUT2D eigenvalue weighted by atomic mass is 16.3. The van der Waals surface area contributed by atoms with Crippen LogP contribution in [-0.4, -0.2) is 34.9 Å². The third-order valence-corrected chi connectivity index (χ3v) is 15.4. The number of hydrogen-bond acceptors (Lipinski definition) is 3. The van der Waals surface area contributed by atoms with Gasteiger partial charge in [0.15, 0.2) is 0 Å². The first-order chi connectivity index (χ1) is 39.7. The number of aliphatic hydroxyl groups is 2. The molecule has 1 amide bonds. The third kappa shape index (κ3) is 65.6. The van der Waals surface area contributed by atoms with Crippen molar-refractivity contribution in [1.82, 2.24) is 5.32 Å². The lowest BCUT2D eigenvalue weighted by Gasteiger charge is -2.19. The maximum atomic E-state index is 12.5. The molecule has 0 bridgehead atoms. The van der Waals surface area contributed by atoms with Crippen LogP contribution in [0, 0.1) is 0 Å². The Morgan fingerprint density at radius 1 is 0.312 bits per heavy atom. The van der Waals surface area contributed by atoms with E-state index in [1.165, 1.54) is 231 Å². The second-order valence-electron chi connectivity index (χ2n) is 23.2. The molecule has 0 aliphatic carbocycles. The Bertz CT molecular complexity index is 1540. The Kier molecular flexibility index (Phi) is 67.2. The van der Waals surface area contributed by atoms with E-state index in [0.29, 0.717) is 6.42 Å². The predicted octanol–water partition coefficient (Wildman–Crippen LogP) is 23.9. The van der Waals surface area contributed by atoms with Gasteiger partial charge in [0.2, 0.25) is 5.91 Å². The van der Waals surface area contributed by atoms with Gasteiger partial charge in [-0.2, -0.15) is 0 Å². The van der Waals surface area contributed by atoms with Crippen LogP contribution < -0.4 is 5.32 Å². The first kappa shape index (κ1) is 76.8. The van der Waals surface area contributed by atoms with Crippen LogP contribution in [0.2, 0.25) is 0 Å². The van der Waals surface area contributed by atoms with Gasteiger partial charge in [-0.05, 0) is 103 Å². The number of aliphatic hydroxyl groups excluding tert-OH is 2. The fraction of sp³-hybridized carbons (Fsp3) is 0.724. The van der Waals surface area contributed by atoms with Crippen molar-refractivity contribution in [1.29, 1.82) is 0 Å². The minimum absolute atomic E-state index is 0.0788. The molecule has 0 spiro atoms. The molecule has 0 aromatic carbocycles. The number of rotatable bonds is 63. The molecule has 0 rings (SSSR count). The van der Waals surface area contributed by atoms with Gasteiger partial charge >= 0.3 is 0 Å².